The Morgan fingerprint density at radius 1 is 1.42 bits per heavy atom. The predicted octanol–water partition coefficient (Wildman–Crippen LogP) is 3.09. The maximum Gasteiger partial charge on any atom is 0.234 e. The first-order chi connectivity index (χ1) is 11.5. The number of aryl methyl sites for hydroxylation is 1. The maximum atomic E-state index is 12.3. The monoisotopic (exact) mass is 348 g/mol. The molecule has 24 heavy (non-hydrogen) atoms. The van der Waals surface area contributed by atoms with E-state index in [-0.39, 0.29) is 11.7 Å². The summed E-state index contributed by atoms with van der Waals surface area (Å²) in [4.78, 5) is 12.3. The Kier molecular flexibility index (Phi) is 6.81. The first-order valence-electron chi connectivity index (χ1n) is 7.91. The molecular weight excluding hydrogens is 324 g/mol. The van der Waals surface area contributed by atoms with E-state index in [1.54, 1.807) is 13.4 Å². The minimum atomic E-state index is -0.0440. The Morgan fingerprint density at radius 2 is 2.21 bits per heavy atom. The third-order valence-electron chi connectivity index (χ3n) is 3.64. The SMILES string of the molecule is COCCn1cnnc1SCC(=O)Nc1c(C)cccc1C(C)C. The second-order valence-electron chi connectivity index (χ2n) is 5.83. The molecule has 0 aliphatic heterocycles. The van der Waals surface area contributed by atoms with Gasteiger partial charge in [0.15, 0.2) is 5.16 Å². The van der Waals surface area contributed by atoms with Crippen LogP contribution in [-0.4, -0.2) is 40.1 Å². The van der Waals surface area contributed by atoms with E-state index in [1.807, 2.05) is 23.6 Å². The van der Waals surface area contributed by atoms with Crippen molar-refractivity contribution >= 4 is 23.4 Å². The van der Waals surface area contributed by atoms with Crippen LogP contribution in [0.3, 0.4) is 0 Å². The summed E-state index contributed by atoms with van der Waals surface area (Å²) in [7, 11) is 1.65. The van der Waals surface area contributed by atoms with Gasteiger partial charge in [-0.1, -0.05) is 43.8 Å². The van der Waals surface area contributed by atoms with Crippen LogP contribution in [0.4, 0.5) is 5.69 Å². The third-order valence-corrected chi connectivity index (χ3v) is 4.62. The molecule has 0 aliphatic rings. The number of benzene rings is 1. The van der Waals surface area contributed by atoms with Crippen molar-refractivity contribution in [1.82, 2.24) is 14.8 Å². The average Bonchev–Trinajstić information content (AvgIpc) is 3.00. The van der Waals surface area contributed by atoms with Crippen molar-refractivity contribution in [3.8, 4) is 0 Å². The van der Waals surface area contributed by atoms with E-state index < -0.39 is 0 Å². The zero-order chi connectivity index (χ0) is 17.5. The van der Waals surface area contributed by atoms with Crippen molar-refractivity contribution in [3.63, 3.8) is 0 Å². The average molecular weight is 348 g/mol. The molecule has 0 aliphatic carbocycles. The molecule has 0 radical (unpaired) electrons. The van der Waals surface area contributed by atoms with E-state index in [1.165, 1.54) is 11.8 Å². The number of hydrogen-bond acceptors (Lipinski definition) is 5. The Hall–Kier alpha value is -1.86. The quantitative estimate of drug-likeness (QED) is 0.743. The normalized spacial score (nSPS) is 11.0. The molecule has 0 spiro atoms. The minimum absolute atomic E-state index is 0.0440. The van der Waals surface area contributed by atoms with Crippen LogP contribution in [0.5, 0.6) is 0 Å². The number of methoxy groups -OCH3 is 1. The van der Waals surface area contributed by atoms with Crippen LogP contribution in [0.25, 0.3) is 0 Å². The summed E-state index contributed by atoms with van der Waals surface area (Å²) in [6, 6.07) is 6.09. The number of ether oxygens (including phenoxy) is 1. The van der Waals surface area contributed by atoms with Gasteiger partial charge in [-0.25, -0.2) is 0 Å². The topological polar surface area (TPSA) is 69.0 Å². The minimum Gasteiger partial charge on any atom is -0.383 e. The standard InChI is InChI=1S/C17H24N4O2S/c1-12(2)14-7-5-6-13(3)16(14)19-15(22)10-24-17-20-18-11-21(17)8-9-23-4/h5-7,11-12H,8-10H2,1-4H3,(H,19,22). The molecule has 0 saturated carbocycles. The molecule has 6 nitrogen and oxygen atoms in total. The lowest BCUT2D eigenvalue weighted by Gasteiger charge is -2.16. The molecule has 0 fully saturated rings. The Morgan fingerprint density at radius 3 is 2.92 bits per heavy atom. The summed E-state index contributed by atoms with van der Waals surface area (Å²) in [6.07, 6.45) is 1.65. The lowest BCUT2D eigenvalue weighted by atomic mass is 9.98. The molecule has 2 rings (SSSR count). The summed E-state index contributed by atoms with van der Waals surface area (Å²) >= 11 is 1.37. The predicted molar refractivity (Wildman–Crippen MR) is 96.5 cm³/mol. The highest BCUT2D eigenvalue weighted by molar-refractivity contribution is 7.99. The van der Waals surface area contributed by atoms with Crippen LogP contribution in [-0.2, 0) is 16.1 Å². The van der Waals surface area contributed by atoms with E-state index in [0.717, 1.165) is 22.0 Å². The summed E-state index contributed by atoms with van der Waals surface area (Å²) in [5.74, 6) is 0.597. The summed E-state index contributed by atoms with van der Waals surface area (Å²) < 4.78 is 6.94. The number of rotatable bonds is 8. The molecule has 1 N–H and O–H groups in total. The number of nitrogens with one attached hydrogen (secondary N) is 1. The Balaban J connectivity index is 1.99. The molecule has 0 unspecified atom stereocenters. The number of para-hydroxylation sites is 1. The van der Waals surface area contributed by atoms with E-state index in [9.17, 15) is 4.79 Å². The van der Waals surface area contributed by atoms with Crippen molar-refractivity contribution in [1.29, 1.82) is 0 Å². The van der Waals surface area contributed by atoms with Crippen molar-refractivity contribution in [3.05, 3.63) is 35.7 Å². The number of hydrogen-bond donors (Lipinski definition) is 1. The lowest BCUT2D eigenvalue weighted by Crippen LogP contribution is -2.17. The van der Waals surface area contributed by atoms with Gasteiger partial charge in [0.05, 0.1) is 12.4 Å². The number of carbonyl (C=O) groups excluding carboxylic acids is 1. The van der Waals surface area contributed by atoms with Gasteiger partial charge in [-0.15, -0.1) is 10.2 Å². The highest BCUT2D eigenvalue weighted by atomic mass is 32.2. The van der Waals surface area contributed by atoms with Gasteiger partial charge in [-0.2, -0.15) is 0 Å². The maximum absolute atomic E-state index is 12.3. The van der Waals surface area contributed by atoms with Crippen molar-refractivity contribution in [2.24, 2.45) is 0 Å². The summed E-state index contributed by atoms with van der Waals surface area (Å²) in [6.45, 7) is 7.51. The second kappa shape index (κ2) is 8.84. The van der Waals surface area contributed by atoms with Crippen molar-refractivity contribution < 1.29 is 9.53 Å². The number of amides is 1. The molecule has 1 heterocycles. The van der Waals surface area contributed by atoms with Gasteiger partial charge in [0.2, 0.25) is 5.91 Å². The zero-order valence-corrected chi connectivity index (χ0v) is 15.4. The largest absolute Gasteiger partial charge is 0.383 e. The third kappa shape index (κ3) is 4.82. The fraction of sp³-hybridized carbons (Fsp3) is 0.471. The van der Waals surface area contributed by atoms with Gasteiger partial charge >= 0.3 is 0 Å². The van der Waals surface area contributed by atoms with Gasteiger partial charge in [-0.3, -0.25) is 4.79 Å². The molecule has 0 atom stereocenters. The molecule has 130 valence electrons. The molecule has 1 aromatic heterocycles. The van der Waals surface area contributed by atoms with Crippen LogP contribution in [0.2, 0.25) is 0 Å². The molecular formula is C17H24N4O2S. The molecule has 2 aromatic rings. The van der Waals surface area contributed by atoms with Gasteiger partial charge < -0.3 is 14.6 Å². The number of aromatic nitrogens is 3. The summed E-state index contributed by atoms with van der Waals surface area (Å²) in [5.41, 5.74) is 3.14. The van der Waals surface area contributed by atoms with Gasteiger partial charge in [0, 0.05) is 19.3 Å². The Bertz CT molecular complexity index is 685. The van der Waals surface area contributed by atoms with Crippen LogP contribution in [0.15, 0.2) is 29.7 Å². The van der Waals surface area contributed by atoms with Gasteiger partial charge in [0.1, 0.15) is 6.33 Å². The Labute approximate surface area is 147 Å². The lowest BCUT2D eigenvalue weighted by molar-refractivity contribution is -0.113. The molecule has 7 heteroatoms. The zero-order valence-electron chi connectivity index (χ0n) is 14.6. The van der Waals surface area contributed by atoms with E-state index in [4.69, 9.17) is 4.74 Å². The van der Waals surface area contributed by atoms with E-state index >= 15 is 0 Å². The van der Waals surface area contributed by atoms with Gasteiger partial charge in [0.25, 0.3) is 0 Å². The van der Waals surface area contributed by atoms with E-state index in [2.05, 4.69) is 35.4 Å². The number of carbonyl (C=O) groups is 1. The second-order valence-corrected chi connectivity index (χ2v) is 6.77. The summed E-state index contributed by atoms with van der Waals surface area (Å²) in [5, 5.41) is 11.7. The molecule has 1 aromatic carbocycles. The van der Waals surface area contributed by atoms with Crippen LogP contribution < -0.4 is 5.32 Å². The first-order valence-corrected chi connectivity index (χ1v) is 8.90. The first kappa shape index (κ1) is 18.5. The number of nitrogens with zero attached hydrogens (tertiary/aromatic N) is 3. The van der Waals surface area contributed by atoms with Gasteiger partial charge in [-0.05, 0) is 24.0 Å². The molecule has 1 amide bonds. The highest BCUT2D eigenvalue weighted by Crippen LogP contribution is 2.27. The number of thioether (sulfide) groups is 1. The van der Waals surface area contributed by atoms with Crippen molar-refractivity contribution in [2.75, 3.05) is 24.8 Å². The van der Waals surface area contributed by atoms with Crippen molar-refractivity contribution in [2.45, 2.75) is 38.4 Å². The van der Waals surface area contributed by atoms with Crippen LogP contribution >= 0.6 is 11.8 Å². The smallest absolute Gasteiger partial charge is 0.234 e. The van der Waals surface area contributed by atoms with Crippen LogP contribution in [0, 0.1) is 6.92 Å². The molecule has 0 saturated heterocycles. The van der Waals surface area contributed by atoms with E-state index in [0.29, 0.717) is 19.1 Å². The molecule has 0 bridgehead atoms. The van der Waals surface area contributed by atoms with Crippen LogP contribution in [0.1, 0.15) is 30.9 Å². The fourth-order valence-corrected chi connectivity index (χ4v) is 3.09. The fourth-order valence-electron chi connectivity index (χ4n) is 2.35. The highest BCUT2D eigenvalue weighted by Gasteiger charge is 2.13. The number of anilines is 1.